The van der Waals surface area contributed by atoms with Gasteiger partial charge < -0.3 is 15.1 Å². The number of likely N-dealkylation sites (tertiary alicyclic amines) is 2. The minimum atomic E-state index is -0.989. The van der Waals surface area contributed by atoms with E-state index >= 15 is 0 Å². The first kappa shape index (κ1) is 25.8. The number of hydrogen-bond donors (Lipinski definition) is 1. The largest absolute Gasteiger partial charge is 0.340 e. The first-order valence-electron chi connectivity index (χ1n) is 12.3. The molecule has 0 radical (unpaired) electrons. The molecule has 3 aromatic rings. The maximum absolute atomic E-state index is 13.9. The van der Waals surface area contributed by atoms with Crippen molar-refractivity contribution >= 4 is 39.4 Å². The fourth-order valence-corrected chi connectivity index (χ4v) is 5.61. The summed E-state index contributed by atoms with van der Waals surface area (Å²) >= 11 is 3.35. The number of halogens is 2. The zero-order valence-corrected chi connectivity index (χ0v) is 21.9. The first-order chi connectivity index (χ1) is 18.3. The van der Waals surface area contributed by atoms with Gasteiger partial charge in [-0.25, -0.2) is 4.39 Å². The minimum Gasteiger partial charge on any atom is -0.340 e. The van der Waals surface area contributed by atoms with E-state index in [4.69, 9.17) is 0 Å². The maximum Gasteiger partial charge on any atom is 0.254 e. The summed E-state index contributed by atoms with van der Waals surface area (Å²) in [6.45, 7) is 0.213. The van der Waals surface area contributed by atoms with Gasteiger partial charge in [-0.3, -0.25) is 19.2 Å². The molecule has 0 bridgehead atoms. The molecule has 2 heterocycles. The third kappa shape index (κ3) is 5.24. The van der Waals surface area contributed by atoms with E-state index in [1.165, 1.54) is 17.0 Å². The molecule has 2 aliphatic rings. The van der Waals surface area contributed by atoms with Gasteiger partial charge in [-0.2, -0.15) is 0 Å². The average molecular weight is 578 g/mol. The van der Waals surface area contributed by atoms with Gasteiger partial charge in [-0.1, -0.05) is 52.3 Å². The van der Waals surface area contributed by atoms with Crippen LogP contribution in [0.5, 0.6) is 0 Å². The van der Waals surface area contributed by atoms with Crippen molar-refractivity contribution < 1.29 is 23.6 Å². The third-order valence-electron chi connectivity index (χ3n) is 7.03. The number of nitrogens with one attached hydrogen (secondary N) is 1. The molecule has 3 atom stereocenters. The smallest absolute Gasteiger partial charge is 0.254 e. The summed E-state index contributed by atoms with van der Waals surface area (Å²) in [5.74, 6) is -1.71. The van der Waals surface area contributed by atoms with Crippen molar-refractivity contribution in [3.05, 3.63) is 106 Å². The van der Waals surface area contributed by atoms with E-state index in [9.17, 15) is 23.6 Å². The van der Waals surface area contributed by atoms with Crippen molar-refractivity contribution in [3.8, 4) is 0 Å². The molecule has 0 aliphatic carbocycles. The molecule has 0 spiro atoms. The predicted molar refractivity (Wildman–Crippen MR) is 142 cm³/mol. The number of rotatable bonds is 6. The number of benzene rings is 3. The van der Waals surface area contributed by atoms with Gasteiger partial charge in [0.2, 0.25) is 5.91 Å². The number of carbonyl (C=O) groups excluding carboxylic acids is 4. The standard InChI is InChI=1S/C29H25BrFN3O4/c30-21-8-4-7-20(16-21)27(36)32-23(15-18-9-11-22(31)12-10-18)29(38)33-14-13-24-26(33)25(35)17-34(24)28(37)19-5-2-1-3-6-19/h1-12,16,23-24,26H,13-15,17H2,(H,32,36). The van der Waals surface area contributed by atoms with E-state index in [2.05, 4.69) is 21.2 Å². The second-order valence-corrected chi connectivity index (χ2v) is 10.4. The van der Waals surface area contributed by atoms with Crippen molar-refractivity contribution in [1.82, 2.24) is 15.1 Å². The fraction of sp³-hybridized carbons (Fsp3) is 0.241. The Balaban J connectivity index is 1.38. The van der Waals surface area contributed by atoms with Crippen molar-refractivity contribution in [2.45, 2.75) is 31.0 Å². The monoisotopic (exact) mass is 577 g/mol. The number of Topliss-reactive ketones (excluding diaryl/α,β-unsaturated/α-hetero) is 1. The third-order valence-corrected chi connectivity index (χ3v) is 7.52. The number of ketones is 1. The lowest BCUT2D eigenvalue weighted by Crippen LogP contribution is -2.53. The van der Waals surface area contributed by atoms with Crippen molar-refractivity contribution in [1.29, 1.82) is 0 Å². The minimum absolute atomic E-state index is 0.0696. The molecule has 0 aromatic heterocycles. The maximum atomic E-state index is 13.9. The first-order valence-corrected chi connectivity index (χ1v) is 13.1. The molecule has 2 saturated heterocycles. The van der Waals surface area contributed by atoms with Crippen LogP contribution in [0.1, 0.15) is 32.7 Å². The van der Waals surface area contributed by atoms with E-state index in [-0.39, 0.29) is 31.2 Å². The van der Waals surface area contributed by atoms with Crippen LogP contribution in [-0.4, -0.2) is 64.5 Å². The number of amides is 3. The zero-order valence-electron chi connectivity index (χ0n) is 20.3. The van der Waals surface area contributed by atoms with Crippen LogP contribution in [-0.2, 0) is 16.0 Å². The van der Waals surface area contributed by atoms with Crippen molar-refractivity contribution in [2.24, 2.45) is 0 Å². The summed E-state index contributed by atoms with van der Waals surface area (Å²) in [4.78, 5) is 56.2. The van der Waals surface area contributed by atoms with Crippen LogP contribution in [0, 0.1) is 5.82 Å². The van der Waals surface area contributed by atoms with Gasteiger partial charge in [0, 0.05) is 28.6 Å². The molecule has 38 heavy (non-hydrogen) atoms. The molecule has 5 rings (SSSR count). The van der Waals surface area contributed by atoms with E-state index in [1.807, 2.05) is 6.07 Å². The number of nitrogens with zero attached hydrogens (tertiary/aromatic N) is 2. The van der Waals surface area contributed by atoms with Crippen LogP contribution in [0.15, 0.2) is 83.3 Å². The SMILES string of the molecule is O=C(NC(Cc1ccc(F)cc1)C(=O)N1CCC2C1C(=O)CN2C(=O)c1ccccc1)c1cccc(Br)c1. The molecule has 2 fully saturated rings. The van der Waals surface area contributed by atoms with Crippen LogP contribution < -0.4 is 5.32 Å². The lowest BCUT2D eigenvalue weighted by molar-refractivity contribution is -0.138. The lowest BCUT2D eigenvalue weighted by Gasteiger charge is -2.28. The zero-order chi connectivity index (χ0) is 26.8. The Hall–Kier alpha value is -3.85. The predicted octanol–water partition coefficient (Wildman–Crippen LogP) is 3.62. The second kappa shape index (κ2) is 10.9. The van der Waals surface area contributed by atoms with Crippen LogP contribution in [0.2, 0.25) is 0 Å². The van der Waals surface area contributed by atoms with E-state index < -0.39 is 35.8 Å². The Kier molecular flexibility index (Phi) is 7.37. The molecular formula is C29H25BrFN3O4. The summed E-state index contributed by atoms with van der Waals surface area (Å²) in [5.41, 5.74) is 1.52. The highest BCUT2D eigenvalue weighted by Gasteiger charge is 2.52. The molecule has 0 saturated carbocycles. The quantitative estimate of drug-likeness (QED) is 0.485. The lowest BCUT2D eigenvalue weighted by atomic mass is 10.0. The number of carbonyl (C=O) groups is 4. The van der Waals surface area contributed by atoms with E-state index in [0.717, 1.165) is 0 Å². The van der Waals surface area contributed by atoms with Crippen molar-refractivity contribution in [2.75, 3.05) is 13.1 Å². The fourth-order valence-electron chi connectivity index (χ4n) is 5.21. The molecule has 3 amide bonds. The van der Waals surface area contributed by atoms with Gasteiger partial charge in [-0.15, -0.1) is 0 Å². The molecule has 3 aromatic carbocycles. The Morgan fingerprint density at radius 3 is 2.37 bits per heavy atom. The summed E-state index contributed by atoms with van der Waals surface area (Å²) in [6.07, 6.45) is 0.581. The Morgan fingerprint density at radius 1 is 0.947 bits per heavy atom. The van der Waals surface area contributed by atoms with Crippen LogP contribution in [0.4, 0.5) is 4.39 Å². The molecule has 1 N–H and O–H groups in total. The van der Waals surface area contributed by atoms with Gasteiger partial charge in [0.1, 0.15) is 17.9 Å². The summed E-state index contributed by atoms with van der Waals surface area (Å²) in [5, 5.41) is 2.82. The number of fused-ring (bicyclic) bond motifs is 1. The van der Waals surface area contributed by atoms with Crippen LogP contribution >= 0.6 is 15.9 Å². The highest BCUT2D eigenvalue weighted by molar-refractivity contribution is 9.10. The van der Waals surface area contributed by atoms with E-state index in [0.29, 0.717) is 27.6 Å². The topological polar surface area (TPSA) is 86.8 Å². The van der Waals surface area contributed by atoms with Gasteiger partial charge >= 0.3 is 0 Å². The molecule has 7 nitrogen and oxygen atoms in total. The number of hydrogen-bond acceptors (Lipinski definition) is 4. The molecular weight excluding hydrogens is 553 g/mol. The highest BCUT2D eigenvalue weighted by Crippen LogP contribution is 2.31. The van der Waals surface area contributed by atoms with E-state index in [1.54, 1.807) is 65.6 Å². The van der Waals surface area contributed by atoms with Gasteiger partial charge in [0.15, 0.2) is 5.78 Å². The second-order valence-electron chi connectivity index (χ2n) is 9.46. The normalized spacial score (nSPS) is 19.3. The highest BCUT2D eigenvalue weighted by atomic mass is 79.9. The van der Waals surface area contributed by atoms with Crippen LogP contribution in [0.3, 0.4) is 0 Å². The van der Waals surface area contributed by atoms with Gasteiger partial charge in [-0.05, 0) is 54.4 Å². The summed E-state index contributed by atoms with van der Waals surface area (Å²) in [7, 11) is 0. The van der Waals surface area contributed by atoms with Crippen LogP contribution in [0.25, 0.3) is 0 Å². The van der Waals surface area contributed by atoms with Gasteiger partial charge in [0.25, 0.3) is 11.8 Å². The Morgan fingerprint density at radius 2 is 1.66 bits per heavy atom. The summed E-state index contributed by atoms with van der Waals surface area (Å²) in [6, 6.07) is 19.1. The Bertz CT molecular complexity index is 1380. The molecule has 3 unspecified atom stereocenters. The van der Waals surface area contributed by atoms with Gasteiger partial charge in [0.05, 0.1) is 12.6 Å². The summed E-state index contributed by atoms with van der Waals surface area (Å²) < 4.78 is 14.2. The molecule has 2 aliphatic heterocycles. The van der Waals surface area contributed by atoms with Crippen molar-refractivity contribution in [3.63, 3.8) is 0 Å². The molecule has 9 heteroatoms. The Labute approximate surface area is 227 Å². The average Bonchev–Trinajstić information content (AvgIpc) is 3.50. The molecule has 194 valence electrons.